The van der Waals surface area contributed by atoms with Gasteiger partial charge in [0.05, 0.1) is 22.8 Å². The Morgan fingerprint density at radius 2 is 1.91 bits per heavy atom. The molecule has 4 rings (SSSR count). The van der Waals surface area contributed by atoms with E-state index in [1.165, 1.54) is 5.56 Å². The highest BCUT2D eigenvalue weighted by Gasteiger charge is 2.27. The topological polar surface area (TPSA) is 115 Å². The number of rotatable bonds is 7. The molecule has 0 saturated heterocycles. The van der Waals surface area contributed by atoms with E-state index in [0.29, 0.717) is 18.7 Å². The van der Waals surface area contributed by atoms with Crippen LogP contribution in [0.2, 0.25) is 0 Å². The first-order valence-corrected chi connectivity index (χ1v) is 11.6. The number of hydrogen-bond acceptors (Lipinski definition) is 5. The molecule has 1 saturated carbocycles. The van der Waals surface area contributed by atoms with Crippen LogP contribution in [0.3, 0.4) is 0 Å². The molecule has 2 heterocycles. The van der Waals surface area contributed by atoms with Gasteiger partial charge in [-0.15, -0.1) is 0 Å². The summed E-state index contributed by atoms with van der Waals surface area (Å²) in [6.07, 6.45) is 6.55. The van der Waals surface area contributed by atoms with Crippen LogP contribution in [0, 0.1) is 19.8 Å². The third-order valence-electron chi connectivity index (χ3n) is 6.63. The number of primary amides is 1. The second kappa shape index (κ2) is 9.60. The Hall–Kier alpha value is -3.42. The number of aromatic nitrogens is 3. The van der Waals surface area contributed by atoms with Crippen LogP contribution in [-0.4, -0.2) is 32.6 Å². The van der Waals surface area contributed by atoms with Gasteiger partial charge in [0.25, 0.3) is 5.91 Å². The lowest BCUT2D eigenvalue weighted by Crippen LogP contribution is -2.33. The molecule has 0 spiro atoms. The first-order valence-electron chi connectivity index (χ1n) is 11.6. The third-order valence-corrected chi connectivity index (χ3v) is 6.63. The van der Waals surface area contributed by atoms with Gasteiger partial charge in [0.2, 0.25) is 5.91 Å². The summed E-state index contributed by atoms with van der Waals surface area (Å²) >= 11 is 0. The number of nitrogens with two attached hydrogens (primary N) is 1. The largest absolute Gasteiger partial charge is 0.381 e. The van der Waals surface area contributed by atoms with Crippen LogP contribution >= 0.6 is 0 Å². The van der Waals surface area contributed by atoms with E-state index in [0.717, 1.165) is 53.5 Å². The number of carbonyl (C=O) groups excluding carboxylic acids is 2. The molecular weight excluding hydrogens is 416 g/mol. The van der Waals surface area contributed by atoms with E-state index < -0.39 is 0 Å². The SMILES string of the molecule is CCn1ncc2c(N[C@H]3CC[C@H](C(N)=O)CC3)c(C(=O)NCc3ccc(C)cc3C)cnc21. The Morgan fingerprint density at radius 1 is 1.15 bits per heavy atom. The molecule has 0 atom stereocenters. The van der Waals surface area contributed by atoms with Gasteiger partial charge in [-0.3, -0.25) is 9.59 Å². The van der Waals surface area contributed by atoms with Gasteiger partial charge >= 0.3 is 0 Å². The zero-order valence-corrected chi connectivity index (χ0v) is 19.5. The Kier molecular flexibility index (Phi) is 6.62. The summed E-state index contributed by atoms with van der Waals surface area (Å²) in [7, 11) is 0. The molecule has 3 aromatic rings. The fraction of sp³-hybridized carbons (Fsp3) is 0.440. The van der Waals surface area contributed by atoms with Crippen LogP contribution < -0.4 is 16.4 Å². The van der Waals surface area contributed by atoms with Crippen LogP contribution in [0.15, 0.2) is 30.6 Å². The van der Waals surface area contributed by atoms with Crippen molar-refractivity contribution in [2.75, 3.05) is 5.32 Å². The summed E-state index contributed by atoms with van der Waals surface area (Å²) in [4.78, 5) is 29.3. The minimum absolute atomic E-state index is 0.0659. The van der Waals surface area contributed by atoms with Gasteiger partial charge in [-0.1, -0.05) is 23.8 Å². The summed E-state index contributed by atoms with van der Waals surface area (Å²) in [6.45, 7) is 7.26. The molecule has 2 amide bonds. The first kappa shape index (κ1) is 22.8. The summed E-state index contributed by atoms with van der Waals surface area (Å²) in [5, 5.41) is 11.9. The maximum absolute atomic E-state index is 13.2. The molecule has 2 aromatic heterocycles. The van der Waals surface area contributed by atoms with E-state index in [1.807, 2.05) is 17.7 Å². The van der Waals surface area contributed by atoms with Gasteiger partial charge < -0.3 is 16.4 Å². The minimum Gasteiger partial charge on any atom is -0.381 e. The molecule has 1 aliphatic carbocycles. The second-order valence-electron chi connectivity index (χ2n) is 8.95. The zero-order chi connectivity index (χ0) is 23.5. The summed E-state index contributed by atoms with van der Waals surface area (Å²) in [5.41, 5.74) is 10.9. The van der Waals surface area contributed by atoms with Crippen molar-refractivity contribution in [1.29, 1.82) is 0 Å². The average Bonchev–Trinajstić information content (AvgIpc) is 3.22. The Balaban J connectivity index is 1.59. The highest BCUT2D eigenvalue weighted by atomic mass is 16.2. The first-order chi connectivity index (χ1) is 15.9. The van der Waals surface area contributed by atoms with Crippen molar-refractivity contribution >= 4 is 28.5 Å². The van der Waals surface area contributed by atoms with Crippen LogP contribution in [0.25, 0.3) is 11.0 Å². The number of amides is 2. The number of nitrogens with zero attached hydrogens (tertiary/aromatic N) is 3. The number of anilines is 1. The van der Waals surface area contributed by atoms with Crippen molar-refractivity contribution in [2.45, 2.75) is 65.6 Å². The van der Waals surface area contributed by atoms with E-state index in [9.17, 15) is 9.59 Å². The summed E-state index contributed by atoms with van der Waals surface area (Å²) in [5.74, 6) is -0.471. The Labute approximate surface area is 193 Å². The Morgan fingerprint density at radius 3 is 2.58 bits per heavy atom. The van der Waals surface area contributed by atoms with Crippen LogP contribution in [0.5, 0.6) is 0 Å². The number of nitrogens with one attached hydrogen (secondary N) is 2. The van der Waals surface area contributed by atoms with Gasteiger partial charge in [-0.2, -0.15) is 5.10 Å². The van der Waals surface area contributed by atoms with E-state index in [-0.39, 0.29) is 23.8 Å². The van der Waals surface area contributed by atoms with Gasteiger partial charge in [0, 0.05) is 31.2 Å². The van der Waals surface area contributed by atoms with Gasteiger partial charge in [0.1, 0.15) is 0 Å². The number of fused-ring (bicyclic) bond motifs is 1. The zero-order valence-electron chi connectivity index (χ0n) is 19.5. The number of aryl methyl sites for hydroxylation is 3. The summed E-state index contributed by atoms with van der Waals surface area (Å²) in [6, 6.07) is 6.37. The second-order valence-corrected chi connectivity index (χ2v) is 8.95. The van der Waals surface area contributed by atoms with Crippen molar-refractivity contribution in [3.63, 3.8) is 0 Å². The smallest absolute Gasteiger partial charge is 0.255 e. The lowest BCUT2D eigenvalue weighted by molar-refractivity contribution is -0.122. The number of pyridine rings is 1. The molecule has 174 valence electrons. The highest BCUT2D eigenvalue weighted by molar-refractivity contribution is 6.06. The molecule has 1 aliphatic rings. The monoisotopic (exact) mass is 448 g/mol. The molecule has 4 N–H and O–H groups in total. The quantitative estimate of drug-likeness (QED) is 0.512. The molecule has 0 bridgehead atoms. The Bertz CT molecular complexity index is 1180. The molecule has 8 nitrogen and oxygen atoms in total. The van der Waals surface area contributed by atoms with Crippen molar-refractivity contribution in [2.24, 2.45) is 11.7 Å². The lowest BCUT2D eigenvalue weighted by Gasteiger charge is -2.29. The van der Waals surface area contributed by atoms with Crippen molar-refractivity contribution in [1.82, 2.24) is 20.1 Å². The predicted octanol–water partition coefficient (Wildman–Crippen LogP) is 3.45. The van der Waals surface area contributed by atoms with Crippen molar-refractivity contribution < 1.29 is 9.59 Å². The van der Waals surface area contributed by atoms with Gasteiger partial charge in [0.15, 0.2) is 5.65 Å². The van der Waals surface area contributed by atoms with Crippen molar-refractivity contribution in [3.8, 4) is 0 Å². The van der Waals surface area contributed by atoms with Crippen LogP contribution in [0.1, 0.15) is 59.7 Å². The maximum atomic E-state index is 13.2. The molecule has 8 heteroatoms. The normalized spacial score (nSPS) is 18.3. The fourth-order valence-corrected chi connectivity index (χ4v) is 4.63. The van der Waals surface area contributed by atoms with Gasteiger partial charge in [-0.05, 0) is 57.6 Å². The molecule has 0 aliphatic heterocycles. The third kappa shape index (κ3) is 4.84. The number of hydrogen-bond donors (Lipinski definition) is 3. The molecule has 33 heavy (non-hydrogen) atoms. The average molecular weight is 449 g/mol. The number of benzene rings is 1. The maximum Gasteiger partial charge on any atom is 0.255 e. The molecule has 1 aromatic carbocycles. The predicted molar refractivity (Wildman–Crippen MR) is 129 cm³/mol. The standard InChI is InChI=1S/C25H32N6O2/c1-4-31-24-20(14-29-31)22(30-19-9-7-17(8-10-19)23(26)32)21(13-27-24)25(33)28-12-18-6-5-15(2)11-16(18)3/h5-6,11,13-14,17,19H,4,7-10,12H2,1-3H3,(H2,26,32)(H,27,30)(H,28,33)/t17-,19-. The lowest BCUT2D eigenvalue weighted by atomic mass is 9.85. The van der Waals surface area contributed by atoms with E-state index >= 15 is 0 Å². The summed E-state index contributed by atoms with van der Waals surface area (Å²) < 4.78 is 1.82. The van der Waals surface area contributed by atoms with E-state index in [4.69, 9.17) is 5.73 Å². The highest BCUT2D eigenvalue weighted by Crippen LogP contribution is 2.31. The minimum atomic E-state index is -0.226. The molecule has 0 unspecified atom stereocenters. The number of carbonyl (C=O) groups is 2. The van der Waals surface area contributed by atoms with Crippen LogP contribution in [-0.2, 0) is 17.9 Å². The van der Waals surface area contributed by atoms with Crippen molar-refractivity contribution in [3.05, 3.63) is 52.8 Å². The molecule has 0 radical (unpaired) electrons. The van der Waals surface area contributed by atoms with E-state index in [2.05, 4.69) is 46.7 Å². The van der Waals surface area contributed by atoms with Gasteiger partial charge in [-0.25, -0.2) is 9.67 Å². The fourth-order valence-electron chi connectivity index (χ4n) is 4.63. The molecular formula is C25H32N6O2. The van der Waals surface area contributed by atoms with Crippen LogP contribution in [0.4, 0.5) is 5.69 Å². The molecule has 1 fully saturated rings. The van der Waals surface area contributed by atoms with E-state index in [1.54, 1.807) is 12.4 Å².